The van der Waals surface area contributed by atoms with Gasteiger partial charge >= 0.3 is 0 Å². The van der Waals surface area contributed by atoms with Gasteiger partial charge in [0.15, 0.2) is 0 Å². The molecule has 0 saturated carbocycles. The SMILES string of the molecule is Cc1cc(C)c2cc(-c3ccc(OCc4ccccc4)cc3)c(=O)[nH]c2c1. The van der Waals surface area contributed by atoms with Crippen molar-refractivity contribution in [2.75, 3.05) is 0 Å². The van der Waals surface area contributed by atoms with E-state index in [4.69, 9.17) is 4.74 Å². The van der Waals surface area contributed by atoms with Gasteiger partial charge in [-0.25, -0.2) is 0 Å². The summed E-state index contributed by atoms with van der Waals surface area (Å²) in [5, 5.41) is 1.07. The van der Waals surface area contributed by atoms with Crippen molar-refractivity contribution < 1.29 is 4.74 Å². The van der Waals surface area contributed by atoms with Crippen LogP contribution in [0.25, 0.3) is 22.0 Å². The molecule has 0 aliphatic heterocycles. The summed E-state index contributed by atoms with van der Waals surface area (Å²) >= 11 is 0. The van der Waals surface area contributed by atoms with Crippen LogP contribution < -0.4 is 10.3 Å². The van der Waals surface area contributed by atoms with Crippen molar-refractivity contribution >= 4 is 10.9 Å². The molecule has 0 fully saturated rings. The van der Waals surface area contributed by atoms with Gasteiger partial charge in [0.1, 0.15) is 12.4 Å². The molecule has 0 radical (unpaired) electrons. The Bertz CT molecular complexity index is 1140. The van der Waals surface area contributed by atoms with E-state index in [2.05, 4.69) is 18.0 Å². The highest BCUT2D eigenvalue weighted by molar-refractivity contribution is 5.86. The van der Waals surface area contributed by atoms with Gasteiger partial charge in [0.2, 0.25) is 0 Å². The third kappa shape index (κ3) is 3.63. The Morgan fingerprint density at radius 1 is 0.889 bits per heavy atom. The van der Waals surface area contributed by atoms with Gasteiger partial charge in [0.25, 0.3) is 5.56 Å². The number of hydrogen-bond acceptors (Lipinski definition) is 2. The van der Waals surface area contributed by atoms with Gasteiger partial charge in [-0.05, 0) is 60.4 Å². The van der Waals surface area contributed by atoms with E-state index in [1.807, 2.05) is 73.7 Å². The van der Waals surface area contributed by atoms with Gasteiger partial charge in [0.05, 0.1) is 0 Å². The quantitative estimate of drug-likeness (QED) is 0.533. The fourth-order valence-corrected chi connectivity index (χ4v) is 3.36. The van der Waals surface area contributed by atoms with E-state index in [1.165, 1.54) is 0 Å². The van der Waals surface area contributed by atoms with Gasteiger partial charge in [0, 0.05) is 16.5 Å². The van der Waals surface area contributed by atoms with Crippen molar-refractivity contribution in [1.82, 2.24) is 4.98 Å². The van der Waals surface area contributed by atoms with E-state index in [0.29, 0.717) is 12.2 Å². The minimum absolute atomic E-state index is 0.0783. The predicted octanol–water partition coefficient (Wildman–Crippen LogP) is 5.39. The Kier molecular flexibility index (Phi) is 4.51. The summed E-state index contributed by atoms with van der Waals surface area (Å²) in [5.74, 6) is 0.784. The minimum atomic E-state index is -0.0783. The zero-order valence-electron chi connectivity index (χ0n) is 15.5. The zero-order valence-corrected chi connectivity index (χ0v) is 15.5. The van der Waals surface area contributed by atoms with Crippen LogP contribution in [0.3, 0.4) is 0 Å². The first-order valence-electron chi connectivity index (χ1n) is 9.01. The monoisotopic (exact) mass is 355 g/mol. The van der Waals surface area contributed by atoms with Crippen LogP contribution in [0.15, 0.2) is 77.6 Å². The number of fused-ring (bicyclic) bond motifs is 1. The molecule has 134 valence electrons. The average molecular weight is 355 g/mol. The maximum absolute atomic E-state index is 12.6. The highest BCUT2D eigenvalue weighted by Crippen LogP contribution is 2.25. The Balaban J connectivity index is 1.62. The molecule has 3 heteroatoms. The second-order valence-electron chi connectivity index (χ2n) is 6.85. The van der Waals surface area contributed by atoms with Crippen molar-refractivity contribution in [2.45, 2.75) is 20.5 Å². The maximum atomic E-state index is 12.6. The number of H-pyrrole nitrogens is 1. The molecule has 0 aliphatic carbocycles. The molecule has 0 bridgehead atoms. The van der Waals surface area contributed by atoms with Gasteiger partial charge in [-0.3, -0.25) is 4.79 Å². The molecule has 1 N–H and O–H groups in total. The molecule has 1 aromatic heterocycles. The summed E-state index contributed by atoms with van der Waals surface area (Å²) in [5.41, 5.74) is 5.77. The van der Waals surface area contributed by atoms with Crippen molar-refractivity contribution in [3.8, 4) is 16.9 Å². The number of pyridine rings is 1. The Morgan fingerprint density at radius 2 is 1.63 bits per heavy atom. The first kappa shape index (κ1) is 17.1. The number of ether oxygens (including phenoxy) is 1. The molecule has 0 amide bonds. The third-order valence-corrected chi connectivity index (χ3v) is 4.73. The largest absolute Gasteiger partial charge is 0.489 e. The molecule has 0 aliphatic rings. The molecule has 1 heterocycles. The smallest absolute Gasteiger partial charge is 0.256 e. The summed E-state index contributed by atoms with van der Waals surface area (Å²) in [4.78, 5) is 15.6. The number of hydrogen-bond donors (Lipinski definition) is 1. The van der Waals surface area contributed by atoms with Gasteiger partial charge < -0.3 is 9.72 Å². The van der Waals surface area contributed by atoms with Crippen LogP contribution in [0, 0.1) is 13.8 Å². The van der Waals surface area contributed by atoms with E-state index in [0.717, 1.165) is 38.9 Å². The summed E-state index contributed by atoms with van der Waals surface area (Å²) in [7, 11) is 0. The standard InChI is InChI=1S/C24H21NO2/c1-16-12-17(2)21-14-22(24(26)25-23(21)13-16)19-8-10-20(11-9-19)27-15-18-6-4-3-5-7-18/h3-14H,15H2,1-2H3,(H,25,26). The number of benzene rings is 3. The molecule has 0 unspecified atom stereocenters. The third-order valence-electron chi connectivity index (χ3n) is 4.73. The molecule has 3 nitrogen and oxygen atoms in total. The molecule has 4 rings (SSSR count). The zero-order chi connectivity index (χ0) is 18.8. The van der Waals surface area contributed by atoms with Crippen molar-refractivity contribution in [1.29, 1.82) is 0 Å². The maximum Gasteiger partial charge on any atom is 0.256 e. The predicted molar refractivity (Wildman–Crippen MR) is 110 cm³/mol. The van der Waals surface area contributed by atoms with Gasteiger partial charge in [-0.1, -0.05) is 48.5 Å². The van der Waals surface area contributed by atoms with Crippen molar-refractivity contribution in [2.24, 2.45) is 0 Å². The lowest BCUT2D eigenvalue weighted by molar-refractivity contribution is 0.306. The summed E-state index contributed by atoms with van der Waals surface area (Å²) in [6.45, 7) is 4.63. The molecule has 3 aromatic carbocycles. The summed E-state index contributed by atoms with van der Waals surface area (Å²) in [6, 6.07) is 23.8. The van der Waals surface area contributed by atoms with E-state index < -0.39 is 0 Å². The van der Waals surface area contributed by atoms with Crippen LogP contribution >= 0.6 is 0 Å². The molecular weight excluding hydrogens is 334 g/mol. The highest BCUT2D eigenvalue weighted by Gasteiger charge is 2.08. The van der Waals surface area contributed by atoms with Crippen molar-refractivity contribution in [3.63, 3.8) is 0 Å². The molecule has 0 atom stereocenters. The van der Waals surface area contributed by atoms with Crippen LogP contribution in [-0.2, 0) is 6.61 Å². The van der Waals surface area contributed by atoms with Crippen LogP contribution in [0.1, 0.15) is 16.7 Å². The summed E-state index contributed by atoms with van der Waals surface area (Å²) in [6.07, 6.45) is 0. The van der Waals surface area contributed by atoms with Crippen LogP contribution in [0.2, 0.25) is 0 Å². The summed E-state index contributed by atoms with van der Waals surface area (Å²) < 4.78 is 5.83. The Hall–Kier alpha value is -3.33. The minimum Gasteiger partial charge on any atom is -0.489 e. The lowest BCUT2D eigenvalue weighted by atomic mass is 10.0. The number of aryl methyl sites for hydroxylation is 2. The second-order valence-corrected chi connectivity index (χ2v) is 6.85. The molecule has 4 aromatic rings. The van der Waals surface area contributed by atoms with E-state index in [-0.39, 0.29) is 5.56 Å². The lowest BCUT2D eigenvalue weighted by Crippen LogP contribution is -2.09. The molecule has 0 saturated heterocycles. The number of nitrogens with one attached hydrogen (secondary N) is 1. The molecule has 0 spiro atoms. The first-order valence-corrected chi connectivity index (χ1v) is 9.01. The number of rotatable bonds is 4. The fourth-order valence-electron chi connectivity index (χ4n) is 3.36. The normalized spacial score (nSPS) is 10.9. The van der Waals surface area contributed by atoms with E-state index in [1.54, 1.807) is 0 Å². The Morgan fingerprint density at radius 3 is 2.37 bits per heavy atom. The number of aromatic nitrogens is 1. The Labute approximate surface area is 158 Å². The fraction of sp³-hybridized carbons (Fsp3) is 0.125. The first-order chi connectivity index (χ1) is 13.1. The van der Waals surface area contributed by atoms with E-state index in [9.17, 15) is 4.79 Å². The average Bonchev–Trinajstić information content (AvgIpc) is 2.67. The highest BCUT2D eigenvalue weighted by atomic mass is 16.5. The van der Waals surface area contributed by atoms with Gasteiger partial charge in [-0.15, -0.1) is 0 Å². The van der Waals surface area contributed by atoms with Crippen LogP contribution in [-0.4, -0.2) is 4.98 Å². The van der Waals surface area contributed by atoms with Crippen molar-refractivity contribution in [3.05, 3.63) is 99.8 Å². The molecule has 27 heavy (non-hydrogen) atoms. The topological polar surface area (TPSA) is 42.1 Å². The van der Waals surface area contributed by atoms with Gasteiger partial charge in [-0.2, -0.15) is 0 Å². The molecular formula is C24H21NO2. The van der Waals surface area contributed by atoms with Crippen LogP contribution in [0.4, 0.5) is 0 Å². The number of aromatic amines is 1. The van der Waals surface area contributed by atoms with E-state index >= 15 is 0 Å². The van der Waals surface area contributed by atoms with Crippen LogP contribution in [0.5, 0.6) is 5.75 Å². The second kappa shape index (κ2) is 7.12. The lowest BCUT2D eigenvalue weighted by Gasteiger charge is -2.09.